The quantitative estimate of drug-likeness (QED) is 0.493. The molecule has 0 amide bonds. The second kappa shape index (κ2) is 5.59. The first kappa shape index (κ1) is 16.4. The first-order chi connectivity index (χ1) is 9.91. The van der Waals surface area contributed by atoms with Gasteiger partial charge in [0.1, 0.15) is 5.28 Å². The SMILES string of the molecule is CCOP(=O)(OCC)C12CC3C([C@H](Br)CC31)N2CC(C)C. The zero-order valence-corrected chi connectivity index (χ0v) is 15.9. The molecule has 6 heteroatoms. The highest BCUT2D eigenvalue weighted by Gasteiger charge is 2.80. The van der Waals surface area contributed by atoms with Gasteiger partial charge in [0.15, 0.2) is 0 Å². The lowest BCUT2D eigenvalue weighted by molar-refractivity contribution is 0.0355. The summed E-state index contributed by atoms with van der Waals surface area (Å²) in [6, 6.07) is 0.506. The van der Waals surface area contributed by atoms with Crippen LogP contribution in [0, 0.1) is 17.8 Å². The molecule has 2 heterocycles. The zero-order chi connectivity index (χ0) is 15.4. The highest BCUT2D eigenvalue weighted by Crippen LogP contribution is 2.81. The molecule has 4 rings (SSSR count). The third-order valence-corrected chi connectivity index (χ3v) is 9.26. The fourth-order valence-corrected chi connectivity index (χ4v) is 8.91. The van der Waals surface area contributed by atoms with Crippen molar-refractivity contribution in [2.24, 2.45) is 17.8 Å². The van der Waals surface area contributed by atoms with E-state index in [1.807, 2.05) is 13.8 Å². The van der Waals surface area contributed by atoms with Crippen LogP contribution >= 0.6 is 23.5 Å². The summed E-state index contributed by atoms with van der Waals surface area (Å²) in [5.41, 5.74) is 0. The smallest absolute Gasteiger partial charge is 0.308 e. The standard InChI is InChI=1S/C15H27BrNO3P/c1-5-19-21(18,20-6-2)15-8-11-12(15)7-13(16)14(11)17(15)9-10(3)4/h10-14H,5-9H2,1-4H3/t11?,12?,13-,14?,15?/m1/s1. The van der Waals surface area contributed by atoms with Crippen LogP contribution in [-0.4, -0.2) is 40.8 Å². The van der Waals surface area contributed by atoms with Crippen molar-refractivity contribution in [2.45, 2.75) is 56.7 Å². The summed E-state index contributed by atoms with van der Waals surface area (Å²) in [5, 5.41) is -0.344. The molecular formula is C15H27BrNO3P. The lowest BCUT2D eigenvalue weighted by Crippen LogP contribution is -2.57. The van der Waals surface area contributed by atoms with Crippen LogP contribution in [0.4, 0.5) is 0 Å². The van der Waals surface area contributed by atoms with E-state index in [4.69, 9.17) is 9.05 Å². The molecule has 122 valence electrons. The second-order valence-corrected chi connectivity index (χ2v) is 10.4. The molecule has 0 spiro atoms. The van der Waals surface area contributed by atoms with Gasteiger partial charge in [0, 0.05) is 17.4 Å². The third kappa shape index (κ3) is 2.07. The molecule has 21 heavy (non-hydrogen) atoms. The van der Waals surface area contributed by atoms with Gasteiger partial charge in [-0.15, -0.1) is 0 Å². The van der Waals surface area contributed by atoms with Crippen LogP contribution in [0.5, 0.6) is 0 Å². The zero-order valence-electron chi connectivity index (χ0n) is 13.4. The molecule has 4 bridgehead atoms. The summed E-state index contributed by atoms with van der Waals surface area (Å²) in [7, 11) is -3.09. The Balaban J connectivity index is 1.97. The molecule has 4 unspecified atom stereocenters. The minimum absolute atomic E-state index is 0.344. The van der Waals surface area contributed by atoms with E-state index in [1.54, 1.807) is 0 Å². The summed E-state index contributed by atoms with van der Waals surface area (Å²) in [5.74, 6) is 1.69. The third-order valence-electron chi connectivity index (χ3n) is 5.43. The average Bonchev–Trinajstić information content (AvgIpc) is 2.92. The molecule has 2 saturated heterocycles. The van der Waals surface area contributed by atoms with E-state index in [0.717, 1.165) is 19.4 Å². The monoisotopic (exact) mass is 379 g/mol. The minimum atomic E-state index is -3.09. The van der Waals surface area contributed by atoms with Gasteiger partial charge in [0.05, 0.1) is 13.2 Å². The van der Waals surface area contributed by atoms with Gasteiger partial charge in [-0.25, -0.2) is 0 Å². The van der Waals surface area contributed by atoms with Crippen LogP contribution in [-0.2, 0) is 13.6 Å². The molecule has 0 aromatic rings. The Bertz CT molecular complexity index is 450. The van der Waals surface area contributed by atoms with Gasteiger partial charge in [-0.05, 0) is 44.4 Å². The van der Waals surface area contributed by atoms with E-state index in [1.165, 1.54) is 0 Å². The average molecular weight is 380 g/mol. The molecule has 4 fully saturated rings. The number of piperidine rings is 1. The van der Waals surface area contributed by atoms with Crippen LogP contribution < -0.4 is 0 Å². The highest BCUT2D eigenvalue weighted by molar-refractivity contribution is 9.09. The van der Waals surface area contributed by atoms with E-state index in [0.29, 0.717) is 41.8 Å². The fourth-order valence-electron chi connectivity index (χ4n) is 4.96. The van der Waals surface area contributed by atoms with Gasteiger partial charge < -0.3 is 9.05 Å². The molecule has 0 aromatic heterocycles. The van der Waals surface area contributed by atoms with Crippen molar-refractivity contribution in [1.29, 1.82) is 0 Å². The maximum Gasteiger partial charge on any atom is 0.351 e. The molecule has 2 aliphatic heterocycles. The van der Waals surface area contributed by atoms with Crippen molar-refractivity contribution in [3.63, 3.8) is 0 Å². The number of rotatable bonds is 7. The lowest BCUT2D eigenvalue weighted by atomic mass is 9.74. The summed E-state index contributed by atoms with van der Waals surface area (Å²) in [6.07, 6.45) is 2.09. The Morgan fingerprint density at radius 2 is 1.95 bits per heavy atom. The first-order valence-corrected chi connectivity index (χ1v) is 10.7. The lowest BCUT2D eigenvalue weighted by Gasteiger charge is -2.53. The predicted molar refractivity (Wildman–Crippen MR) is 87.9 cm³/mol. The minimum Gasteiger partial charge on any atom is -0.308 e. The van der Waals surface area contributed by atoms with Gasteiger partial charge in [0.25, 0.3) is 0 Å². The Morgan fingerprint density at radius 1 is 1.33 bits per heavy atom. The van der Waals surface area contributed by atoms with Crippen molar-refractivity contribution in [1.82, 2.24) is 4.90 Å². The maximum atomic E-state index is 13.6. The Labute approximate surface area is 136 Å². The molecule has 2 aliphatic carbocycles. The van der Waals surface area contributed by atoms with E-state index >= 15 is 0 Å². The van der Waals surface area contributed by atoms with Crippen LogP contribution in [0.1, 0.15) is 40.5 Å². The summed E-state index contributed by atoms with van der Waals surface area (Å²) < 4.78 is 25.1. The molecular weight excluding hydrogens is 353 g/mol. The molecule has 4 nitrogen and oxygen atoms in total. The normalized spacial score (nSPS) is 41.8. The van der Waals surface area contributed by atoms with Gasteiger partial charge >= 0.3 is 7.60 Å². The van der Waals surface area contributed by atoms with Crippen LogP contribution in [0.2, 0.25) is 0 Å². The molecule has 0 radical (unpaired) electrons. The molecule has 4 aliphatic rings. The van der Waals surface area contributed by atoms with E-state index in [9.17, 15) is 4.57 Å². The number of hydrogen-bond donors (Lipinski definition) is 0. The van der Waals surface area contributed by atoms with E-state index in [2.05, 4.69) is 34.7 Å². The van der Waals surface area contributed by atoms with Crippen molar-refractivity contribution >= 4 is 23.5 Å². The molecule has 2 saturated carbocycles. The van der Waals surface area contributed by atoms with E-state index < -0.39 is 7.60 Å². The van der Waals surface area contributed by atoms with Crippen molar-refractivity contribution < 1.29 is 13.6 Å². The first-order valence-electron chi connectivity index (χ1n) is 8.21. The predicted octanol–water partition coefficient (Wildman–Crippen LogP) is 4.09. The van der Waals surface area contributed by atoms with Gasteiger partial charge in [0.2, 0.25) is 0 Å². The summed E-state index contributed by atoms with van der Waals surface area (Å²) in [6.45, 7) is 10.2. The van der Waals surface area contributed by atoms with Gasteiger partial charge in [-0.3, -0.25) is 9.46 Å². The Hall–Kier alpha value is 0.590. The molecule has 5 atom stereocenters. The van der Waals surface area contributed by atoms with E-state index in [-0.39, 0.29) is 5.28 Å². The van der Waals surface area contributed by atoms with Gasteiger partial charge in [-0.1, -0.05) is 29.8 Å². The highest BCUT2D eigenvalue weighted by atomic mass is 79.9. The Morgan fingerprint density at radius 3 is 2.48 bits per heavy atom. The summed E-state index contributed by atoms with van der Waals surface area (Å²) in [4.78, 5) is 3.01. The van der Waals surface area contributed by atoms with Crippen molar-refractivity contribution in [2.75, 3.05) is 19.8 Å². The van der Waals surface area contributed by atoms with Crippen LogP contribution in [0.3, 0.4) is 0 Å². The number of nitrogens with zero attached hydrogens (tertiary/aromatic N) is 1. The number of hydrogen-bond acceptors (Lipinski definition) is 4. The largest absolute Gasteiger partial charge is 0.351 e. The Kier molecular flexibility index (Phi) is 4.38. The molecule has 0 N–H and O–H groups in total. The second-order valence-electron chi connectivity index (χ2n) is 6.97. The van der Waals surface area contributed by atoms with Crippen LogP contribution in [0.25, 0.3) is 0 Å². The molecule has 0 aromatic carbocycles. The maximum absolute atomic E-state index is 13.6. The summed E-state index contributed by atoms with van der Waals surface area (Å²) >= 11 is 3.85. The topological polar surface area (TPSA) is 38.8 Å². The van der Waals surface area contributed by atoms with Crippen LogP contribution in [0.15, 0.2) is 0 Å². The van der Waals surface area contributed by atoms with Crippen molar-refractivity contribution in [3.05, 3.63) is 0 Å². The van der Waals surface area contributed by atoms with Gasteiger partial charge in [-0.2, -0.15) is 0 Å². The van der Waals surface area contributed by atoms with Crippen molar-refractivity contribution in [3.8, 4) is 0 Å². The number of alkyl halides is 1. The fraction of sp³-hybridized carbons (Fsp3) is 1.00. The number of halogens is 1.